The number of aliphatic hydroxyl groups excluding tert-OH is 1. The molecule has 1 rings (SSSR count). The molecular weight excluding hydrogens is 177 g/mol. The van der Waals surface area contributed by atoms with Gasteiger partial charge in [0.1, 0.15) is 0 Å². The van der Waals surface area contributed by atoms with Crippen LogP contribution in [0, 0.1) is 0 Å². The highest BCUT2D eigenvalue weighted by Gasteiger charge is 2.12. The molecule has 0 saturated carbocycles. The molecule has 1 aromatic rings. The zero-order valence-corrected chi connectivity index (χ0v) is 7.49. The van der Waals surface area contributed by atoms with Gasteiger partial charge in [0.15, 0.2) is 17.4 Å². The molecule has 0 aliphatic carbocycles. The topological polar surface area (TPSA) is 32.3 Å². The highest BCUT2D eigenvalue weighted by atomic mass is 27.0. The van der Waals surface area contributed by atoms with E-state index < -0.39 is 6.10 Å². The van der Waals surface area contributed by atoms with Crippen LogP contribution < -0.4 is 5.32 Å². The second-order valence-electron chi connectivity index (χ2n) is 2.93. The van der Waals surface area contributed by atoms with Crippen molar-refractivity contribution in [3.05, 3.63) is 35.9 Å². The molecule has 3 heteroatoms. The van der Waals surface area contributed by atoms with Gasteiger partial charge < -0.3 is 10.4 Å². The third-order valence-corrected chi connectivity index (χ3v) is 2.07. The lowest BCUT2D eigenvalue weighted by Gasteiger charge is -2.17. The average molecular weight is 195 g/mol. The van der Waals surface area contributed by atoms with Gasteiger partial charge in [0.25, 0.3) is 0 Å². The summed E-state index contributed by atoms with van der Waals surface area (Å²) in [5, 5.41) is 12.7. The maximum Gasteiger partial charge on any atom is 0.187 e. The normalized spacial score (nSPS) is 14.4. The van der Waals surface area contributed by atoms with Crippen molar-refractivity contribution < 1.29 is 5.11 Å². The Morgan fingerprint density at radius 2 is 1.77 bits per heavy atom. The lowest BCUT2D eigenvalue weighted by Crippen LogP contribution is -2.28. The lowest BCUT2D eigenvalue weighted by molar-refractivity contribution is 0.140. The summed E-state index contributed by atoms with van der Waals surface area (Å²) in [5.74, 6) is 0. The van der Waals surface area contributed by atoms with E-state index in [0.717, 1.165) is 5.56 Å². The Morgan fingerprint density at radius 1 is 1.23 bits per heavy atom. The van der Waals surface area contributed by atoms with Crippen molar-refractivity contribution in [2.45, 2.75) is 19.1 Å². The Morgan fingerprint density at radius 3 is 2.23 bits per heavy atom. The van der Waals surface area contributed by atoms with Crippen LogP contribution in [0.3, 0.4) is 0 Å². The molecule has 0 bridgehead atoms. The second kappa shape index (κ2) is 6.18. The number of hydrogen-bond acceptors (Lipinski definition) is 2. The summed E-state index contributed by atoms with van der Waals surface area (Å²) in [6.07, 6.45) is -0.420. The molecule has 0 heterocycles. The van der Waals surface area contributed by atoms with Gasteiger partial charge in [-0.1, -0.05) is 30.3 Å². The predicted octanol–water partition coefficient (Wildman–Crippen LogP) is 0.144. The minimum absolute atomic E-state index is 0. The number of hydrogen-bond donors (Lipinski definition) is 2. The third-order valence-electron chi connectivity index (χ3n) is 2.07. The van der Waals surface area contributed by atoms with Gasteiger partial charge in [0.2, 0.25) is 0 Å². The van der Waals surface area contributed by atoms with Crippen LogP contribution in [0.2, 0.25) is 0 Å². The molecule has 0 aliphatic heterocycles. The largest absolute Gasteiger partial charge is 0.387 e. The van der Waals surface area contributed by atoms with E-state index in [4.69, 9.17) is 0 Å². The van der Waals surface area contributed by atoms with Crippen LogP contribution in [-0.2, 0) is 0 Å². The molecule has 0 amide bonds. The number of likely N-dealkylation sites (N-methyl/N-ethyl adjacent to an activating group) is 1. The SMILES string of the molecule is CN[C@H](C)[C@H](O)c1ccccc1.[AlH3]. The van der Waals surface area contributed by atoms with Gasteiger partial charge in [-0.25, -0.2) is 0 Å². The van der Waals surface area contributed by atoms with Crippen molar-refractivity contribution in [3.8, 4) is 0 Å². The fraction of sp³-hybridized carbons (Fsp3) is 0.400. The average Bonchev–Trinajstić information content (AvgIpc) is 2.17. The monoisotopic (exact) mass is 195 g/mol. The Balaban J connectivity index is 0.00000144. The van der Waals surface area contributed by atoms with E-state index >= 15 is 0 Å². The van der Waals surface area contributed by atoms with Gasteiger partial charge in [0, 0.05) is 6.04 Å². The van der Waals surface area contributed by atoms with E-state index in [9.17, 15) is 5.11 Å². The molecule has 0 saturated heterocycles. The molecule has 72 valence electrons. The number of benzene rings is 1. The highest BCUT2D eigenvalue weighted by molar-refractivity contribution is 5.75. The van der Waals surface area contributed by atoms with Crippen LogP contribution in [0.4, 0.5) is 0 Å². The number of aliphatic hydroxyl groups is 1. The molecule has 0 unspecified atom stereocenters. The summed E-state index contributed by atoms with van der Waals surface area (Å²) in [5.41, 5.74) is 0.958. The second-order valence-corrected chi connectivity index (χ2v) is 2.93. The fourth-order valence-corrected chi connectivity index (χ4v) is 1.10. The van der Waals surface area contributed by atoms with Crippen LogP contribution in [-0.4, -0.2) is 35.6 Å². The summed E-state index contributed by atoms with van der Waals surface area (Å²) in [7, 11) is 1.84. The predicted molar refractivity (Wildman–Crippen MR) is 59.9 cm³/mol. The number of rotatable bonds is 3. The van der Waals surface area contributed by atoms with Gasteiger partial charge in [-0.15, -0.1) is 0 Å². The Hall–Kier alpha value is -0.328. The molecular formula is C10H18AlNO. The number of nitrogens with one attached hydrogen (secondary N) is 1. The first-order valence-electron chi connectivity index (χ1n) is 4.16. The molecule has 0 aliphatic rings. The minimum atomic E-state index is -0.420. The van der Waals surface area contributed by atoms with Crippen LogP contribution in [0.25, 0.3) is 0 Å². The van der Waals surface area contributed by atoms with E-state index in [-0.39, 0.29) is 23.4 Å². The van der Waals surface area contributed by atoms with Crippen molar-refractivity contribution >= 4 is 17.4 Å². The van der Waals surface area contributed by atoms with Crippen LogP contribution in [0.5, 0.6) is 0 Å². The van der Waals surface area contributed by atoms with Gasteiger partial charge in [-0.05, 0) is 19.5 Å². The Labute approximate surface area is 90.1 Å². The fourth-order valence-electron chi connectivity index (χ4n) is 1.10. The maximum atomic E-state index is 9.73. The van der Waals surface area contributed by atoms with Gasteiger partial charge in [-0.2, -0.15) is 0 Å². The summed E-state index contributed by atoms with van der Waals surface area (Å²) in [6.45, 7) is 1.96. The lowest BCUT2D eigenvalue weighted by atomic mass is 10.0. The van der Waals surface area contributed by atoms with Crippen molar-refractivity contribution in [2.75, 3.05) is 7.05 Å². The van der Waals surface area contributed by atoms with Crippen molar-refractivity contribution in [1.82, 2.24) is 5.32 Å². The third kappa shape index (κ3) is 3.50. The minimum Gasteiger partial charge on any atom is -0.387 e. The zero-order chi connectivity index (χ0) is 8.97. The molecule has 0 aromatic heterocycles. The molecule has 0 fully saturated rings. The standard InChI is InChI=1S/C10H15NO.Al.3H/c1-8(11-2)10(12)9-6-4-3-5-7-9;;;;/h3-8,10-12H,1-2H3;;;;/t8-,10+;;;;/m1..../s1. The van der Waals surface area contributed by atoms with Crippen LogP contribution >= 0.6 is 0 Å². The highest BCUT2D eigenvalue weighted by Crippen LogP contribution is 2.15. The van der Waals surface area contributed by atoms with E-state index in [2.05, 4.69) is 5.32 Å². The van der Waals surface area contributed by atoms with E-state index in [0.29, 0.717) is 0 Å². The van der Waals surface area contributed by atoms with Gasteiger partial charge in [0.05, 0.1) is 6.10 Å². The summed E-state index contributed by atoms with van der Waals surface area (Å²) >= 11 is 0. The molecule has 2 N–H and O–H groups in total. The van der Waals surface area contributed by atoms with Crippen LogP contribution in [0.1, 0.15) is 18.6 Å². The Kier molecular flexibility index (Phi) is 6.02. The van der Waals surface area contributed by atoms with Gasteiger partial charge in [-0.3, -0.25) is 0 Å². The zero-order valence-electron chi connectivity index (χ0n) is 7.49. The molecule has 2 nitrogen and oxygen atoms in total. The smallest absolute Gasteiger partial charge is 0.187 e. The molecule has 1 aromatic carbocycles. The van der Waals surface area contributed by atoms with Crippen molar-refractivity contribution in [2.24, 2.45) is 0 Å². The summed E-state index contributed by atoms with van der Waals surface area (Å²) in [6, 6.07) is 9.76. The molecule has 13 heavy (non-hydrogen) atoms. The first-order chi connectivity index (χ1) is 5.75. The molecule has 2 atom stereocenters. The Bertz CT molecular complexity index is 228. The molecule has 0 spiro atoms. The first kappa shape index (κ1) is 12.7. The van der Waals surface area contributed by atoms with Crippen LogP contribution in [0.15, 0.2) is 30.3 Å². The quantitative estimate of drug-likeness (QED) is 0.673. The maximum absolute atomic E-state index is 9.73. The van der Waals surface area contributed by atoms with Crippen molar-refractivity contribution in [1.29, 1.82) is 0 Å². The van der Waals surface area contributed by atoms with E-state index in [1.54, 1.807) is 0 Å². The first-order valence-corrected chi connectivity index (χ1v) is 4.16. The van der Waals surface area contributed by atoms with Gasteiger partial charge >= 0.3 is 0 Å². The van der Waals surface area contributed by atoms with Crippen molar-refractivity contribution in [3.63, 3.8) is 0 Å². The van der Waals surface area contributed by atoms with E-state index in [1.807, 2.05) is 44.3 Å². The summed E-state index contributed by atoms with van der Waals surface area (Å²) < 4.78 is 0. The van der Waals surface area contributed by atoms with E-state index in [1.165, 1.54) is 0 Å². The summed E-state index contributed by atoms with van der Waals surface area (Å²) in [4.78, 5) is 0. The molecule has 0 radical (unpaired) electrons.